The van der Waals surface area contributed by atoms with Crippen molar-refractivity contribution in [3.63, 3.8) is 0 Å². The maximum absolute atomic E-state index is 10.4. The monoisotopic (exact) mass is 550 g/mol. The van der Waals surface area contributed by atoms with E-state index in [1.807, 2.05) is 0 Å². The number of guanidine groups is 2. The van der Waals surface area contributed by atoms with Crippen molar-refractivity contribution in [3.05, 3.63) is 0 Å². The van der Waals surface area contributed by atoms with E-state index < -0.39 is 16.5 Å². The Bertz CT molecular complexity index is 510. The van der Waals surface area contributed by atoms with E-state index >= 15 is 0 Å². The third kappa shape index (κ3) is 27.3. The van der Waals surface area contributed by atoms with Gasteiger partial charge in [-0.3, -0.25) is 9.59 Å². The van der Waals surface area contributed by atoms with Gasteiger partial charge in [0.25, 0.3) is 28.3 Å². The van der Waals surface area contributed by atoms with Crippen LogP contribution < -0.4 is 31.0 Å². The first kappa shape index (κ1) is 41.5. The van der Waals surface area contributed by atoms with Gasteiger partial charge in [0.15, 0.2) is 11.9 Å². The molecule has 0 unspecified atom stereocenters. The van der Waals surface area contributed by atoms with E-state index in [0.29, 0.717) is 25.0 Å². The van der Waals surface area contributed by atoms with Gasteiger partial charge in [-0.15, -0.1) is 0 Å². The smallest absolute Gasteiger partial charge is 0.598 e. The minimum absolute atomic E-state index is 0. The molecule has 0 bridgehead atoms. The fraction of sp³-hybridized carbons (Fsp3) is 0.500. The molecule has 2 aliphatic rings. The molecule has 152 valence electrons. The quantitative estimate of drug-likeness (QED) is 0.161. The predicted octanol–water partition coefficient (Wildman–Crippen LogP) is -7.57. The van der Waals surface area contributed by atoms with E-state index in [1.54, 1.807) is 23.9 Å². The van der Waals surface area contributed by atoms with E-state index in [4.69, 9.17) is 40.2 Å². The summed E-state index contributed by atoms with van der Waals surface area (Å²) in [5, 5.41) is 0. The number of rotatable bonds is 0. The second-order valence-corrected chi connectivity index (χ2v) is 4.78. The van der Waals surface area contributed by atoms with Gasteiger partial charge in [0.2, 0.25) is 0 Å². The van der Waals surface area contributed by atoms with Crippen molar-refractivity contribution in [1.29, 1.82) is 0 Å². The van der Waals surface area contributed by atoms with Crippen molar-refractivity contribution >= 4 is 40.2 Å². The molecule has 0 aromatic carbocycles. The van der Waals surface area contributed by atoms with E-state index in [1.165, 1.54) is 0 Å². The number of nitrogens with two attached hydrogens (primary N) is 2. The second kappa shape index (κ2) is 22.4. The van der Waals surface area contributed by atoms with Gasteiger partial charge in [0.1, 0.15) is 13.1 Å². The Morgan fingerprint density at radius 3 is 1.00 bits per heavy atom. The van der Waals surface area contributed by atoms with Crippen LogP contribution in [0.25, 0.3) is 0 Å². The zero-order valence-corrected chi connectivity index (χ0v) is 22.8. The number of nitrogens with zero attached hydrogens (tertiary/aromatic N) is 4. The molecule has 2 amide bonds. The summed E-state index contributed by atoms with van der Waals surface area (Å²) < 4.78 is 17.0. The van der Waals surface area contributed by atoms with Crippen LogP contribution in [0.2, 0.25) is 0 Å². The van der Waals surface area contributed by atoms with Crippen LogP contribution in [0.4, 0.5) is 0 Å². The fourth-order valence-electron chi connectivity index (χ4n) is 1.06. The Balaban J connectivity index is -0.0000000577. The van der Waals surface area contributed by atoms with Crippen molar-refractivity contribution in [2.75, 3.05) is 27.2 Å². The van der Waals surface area contributed by atoms with Crippen molar-refractivity contribution < 1.29 is 88.2 Å². The first-order chi connectivity index (χ1) is 10.9. The molecular formula is C8H20N6O10P2Zn2+4. The van der Waals surface area contributed by atoms with Gasteiger partial charge in [-0.05, 0) is 0 Å². The van der Waals surface area contributed by atoms with Crippen LogP contribution in [0.15, 0.2) is 9.98 Å². The summed E-state index contributed by atoms with van der Waals surface area (Å²) in [4.78, 5) is 64.7. The maximum Gasteiger partial charge on any atom is 2.00 e. The zero-order chi connectivity index (χ0) is 19.4. The Kier molecular flexibility index (Phi) is 33.1. The Morgan fingerprint density at radius 1 is 0.786 bits per heavy atom. The number of hydrogen-bond donors (Lipinski definition) is 2. The number of carbonyl (C=O) groups is 2. The molecule has 0 saturated carbocycles. The minimum Gasteiger partial charge on any atom is -0.598 e. The summed E-state index contributed by atoms with van der Waals surface area (Å²) in [6, 6.07) is 0. The van der Waals surface area contributed by atoms with Gasteiger partial charge in [-0.1, -0.05) is 9.13 Å². The molecule has 0 fully saturated rings. The Hall–Kier alpha value is -0.913. The third-order valence-electron chi connectivity index (χ3n) is 2.01. The fourth-order valence-corrected chi connectivity index (χ4v) is 1.06. The van der Waals surface area contributed by atoms with E-state index in [-0.39, 0.29) is 61.7 Å². The number of carbonyl (C=O) groups excluding carboxylic acids is 2. The second-order valence-electron chi connectivity index (χ2n) is 3.89. The molecule has 2 aliphatic heterocycles. The summed E-state index contributed by atoms with van der Waals surface area (Å²) >= 11 is 0. The molecular weight excluding hydrogens is 533 g/mol. The summed E-state index contributed by atoms with van der Waals surface area (Å²) in [6.07, 6.45) is 0. The van der Waals surface area contributed by atoms with Crippen LogP contribution in [0.1, 0.15) is 0 Å². The molecule has 0 aromatic heterocycles. The van der Waals surface area contributed by atoms with Crippen LogP contribution in [-0.2, 0) is 68.6 Å². The molecule has 0 radical (unpaired) electrons. The summed E-state index contributed by atoms with van der Waals surface area (Å²) in [5.74, 6) is 0.306. The normalized spacial score (nSPS) is 12.9. The molecule has 20 heteroatoms. The average molecular weight is 553 g/mol. The van der Waals surface area contributed by atoms with Gasteiger partial charge < -0.3 is 51.8 Å². The van der Waals surface area contributed by atoms with Gasteiger partial charge in [0.05, 0.1) is 0 Å². The van der Waals surface area contributed by atoms with Crippen molar-refractivity contribution in [2.45, 2.75) is 0 Å². The van der Waals surface area contributed by atoms with Crippen LogP contribution in [-0.4, -0.2) is 60.7 Å². The summed E-state index contributed by atoms with van der Waals surface area (Å²) in [5.41, 5.74) is 10.4. The summed E-state index contributed by atoms with van der Waals surface area (Å²) in [6.45, 7) is 0.650. The third-order valence-corrected chi connectivity index (χ3v) is 2.01. The largest absolute Gasteiger partial charge is 2.00 e. The average Bonchev–Trinajstić information content (AvgIpc) is 2.80. The molecule has 16 nitrogen and oxygen atoms in total. The molecule has 0 atom stereocenters. The van der Waals surface area contributed by atoms with Gasteiger partial charge in [-0.25, -0.2) is 0 Å². The minimum atomic E-state index is -3.37. The molecule has 10 N–H and O–H groups in total. The number of aliphatic imine (C=N–C) groups is 2. The Labute approximate surface area is 186 Å². The van der Waals surface area contributed by atoms with Gasteiger partial charge >= 0.3 is 39.0 Å². The first-order valence-electron chi connectivity index (χ1n) is 5.66. The molecule has 0 spiro atoms. The van der Waals surface area contributed by atoms with Crippen LogP contribution in [0.5, 0.6) is 0 Å². The van der Waals surface area contributed by atoms with Crippen LogP contribution in [0, 0.1) is 0 Å². The van der Waals surface area contributed by atoms with Crippen molar-refractivity contribution in [1.82, 2.24) is 9.80 Å². The number of amides is 2. The van der Waals surface area contributed by atoms with Crippen molar-refractivity contribution in [3.8, 4) is 0 Å². The van der Waals surface area contributed by atoms with E-state index in [9.17, 15) is 9.59 Å². The Morgan fingerprint density at radius 2 is 0.964 bits per heavy atom. The van der Waals surface area contributed by atoms with Crippen LogP contribution >= 0.6 is 16.5 Å². The predicted molar refractivity (Wildman–Crippen MR) is 83.5 cm³/mol. The maximum atomic E-state index is 10.4. The molecule has 0 saturated heterocycles. The zero-order valence-electron chi connectivity index (χ0n) is 15.1. The molecule has 0 aromatic rings. The van der Waals surface area contributed by atoms with Crippen LogP contribution in [0.3, 0.4) is 0 Å². The number of likely N-dealkylation sites (N-methyl/N-ethyl adjacent to an activating group) is 2. The van der Waals surface area contributed by atoms with Gasteiger partial charge in [-0.2, -0.15) is 9.98 Å². The SMILES string of the molecule is CN1CC(=O)N=C1N.CN1CC(=O)N=C1N.O=[P+]([O-])[O-].O=[P+]([O-])[O-].[OH3+].[OH3+].[Zn+2].[Zn+2]. The summed E-state index contributed by atoms with van der Waals surface area (Å²) in [7, 11) is -3.29. The molecule has 2 rings (SSSR count). The standard InChI is InChI=1S/2C4H7N3O.2HO3P.2H2O.2Zn/c2*1-7-2-3(8)6-4(7)5;2*1-4(2)3;;;;/h2*2H2,1H3,(H2,5,6,8);2*(H,1,2,3);2*1H2;;/q;;;;;;2*+2. The first-order valence-corrected chi connectivity index (χ1v) is 7.85. The topological polar surface area (TPSA) is 310 Å². The number of hydrogen-bond acceptors (Lipinski definition) is 12. The van der Waals surface area contributed by atoms with Crippen molar-refractivity contribution in [2.24, 2.45) is 21.5 Å². The van der Waals surface area contributed by atoms with Gasteiger partial charge in [0, 0.05) is 14.1 Å². The van der Waals surface area contributed by atoms with E-state index in [0.717, 1.165) is 0 Å². The molecule has 28 heavy (non-hydrogen) atoms. The molecule has 0 aliphatic carbocycles. The molecule has 2 heterocycles. The van der Waals surface area contributed by atoms with E-state index in [2.05, 4.69) is 9.98 Å².